The van der Waals surface area contributed by atoms with Gasteiger partial charge in [0.25, 0.3) is 0 Å². The second-order valence-electron chi connectivity index (χ2n) is 4.10. The molecule has 88 valence electrons. The lowest BCUT2D eigenvalue weighted by molar-refractivity contribution is 0.0764. The zero-order valence-corrected chi connectivity index (χ0v) is 9.72. The number of benzene rings is 1. The third-order valence-corrected chi connectivity index (χ3v) is 2.91. The van der Waals surface area contributed by atoms with Gasteiger partial charge in [-0.3, -0.25) is 4.79 Å². The van der Waals surface area contributed by atoms with Crippen LogP contribution in [-0.2, 0) is 4.74 Å². The number of aldehydes is 1. The largest absolute Gasteiger partial charge is 0.365 e. The molecule has 1 aromatic rings. The highest BCUT2D eigenvalue weighted by atomic mass is 16.5. The number of hydrogen-bond donors (Lipinski definition) is 0. The summed E-state index contributed by atoms with van der Waals surface area (Å²) in [5.74, 6) is 0. The van der Waals surface area contributed by atoms with Crippen molar-refractivity contribution >= 4 is 12.0 Å². The van der Waals surface area contributed by atoms with Gasteiger partial charge in [0.15, 0.2) is 6.10 Å². The van der Waals surface area contributed by atoms with Crippen LogP contribution in [0.1, 0.15) is 15.9 Å². The smallest absolute Gasteiger partial charge is 0.161 e. The number of carbonyl (C=O) groups excluding carboxylic acids is 1. The van der Waals surface area contributed by atoms with Crippen LogP contribution >= 0.6 is 0 Å². The van der Waals surface area contributed by atoms with Gasteiger partial charge in [-0.1, -0.05) is 0 Å². The number of nitriles is 1. The van der Waals surface area contributed by atoms with Crippen LogP contribution in [0.25, 0.3) is 0 Å². The molecule has 0 N–H and O–H groups in total. The van der Waals surface area contributed by atoms with E-state index >= 15 is 0 Å². The van der Waals surface area contributed by atoms with Crippen LogP contribution in [0.3, 0.4) is 0 Å². The van der Waals surface area contributed by atoms with E-state index < -0.39 is 0 Å². The highest BCUT2D eigenvalue weighted by molar-refractivity contribution is 5.77. The number of rotatable bonds is 2. The molecule has 1 saturated heterocycles. The van der Waals surface area contributed by atoms with Gasteiger partial charge in [0.05, 0.1) is 19.2 Å². The van der Waals surface area contributed by atoms with Crippen LogP contribution in [0.4, 0.5) is 5.69 Å². The molecule has 1 heterocycles. The van der Waals surface area contributed by atoms with E-state index in [0.29, 0.717) is 18.7 Å². The van der Waals surface area contributed by atoms with Gasteiger partial charge in [0.1, 0.15) is 6.29 Å². The van der Waals surface area contributed by atoms with Crippen LogP contribution in [-0.4, -0.2) is 32.1 Å². The molecule has 1 aliphatic heterocycles. The summed E-state index contributed by atoms with van der Waals surface area (Å²) in [6.45, 7) is 3.89. The van der Waals surface area contributed by atoms with Crippen LogP contribution in [0, 0.1) is 18.3 Å². The summed E-state index contributed by atoms with van der Waals surface area (Å²) in [5.41, 5.74) is 2.80. The minimum atomic E-state index is -0.367. The fourth-order valence-electron chi connectivity index (χ4n) is 2.05. The first-order valence-corrected chi connectivity index (χ1v) is 5.56. The third kappa shape index (κ3) is 2.45. The zero-order valence-electron chi connectivity index (χ0n) is 9.72. The maximum absolute atomic E-state index is 10.7. The van der Waals surface area contributed by atoms with E-state index in [1.54, 1.807) is 6.07 Å². The summed E-state index contributed by atoms with van der Waals surface area (Å²) in [6, 6.07) is 7.71. The predicted octanol–water partition coefficient (Wildman–Crippen LogP) is 1.54. The molecule has 1 aliphatic rings. The molecule has 0 amide bonds. The minimum absolute atomic E-state index is 0.367. The highest BCUT2D eigenvalue weighted by Crippen LogP contribution is 2.22. The average Bonchev–Trinajstić information content (AvgIpc) is 2.38. The summed E-state index contributed by atoms with van der Waals surface area (Å²) in [7, 11) is 0. The Kier molecular flexibility index (Phi) is 3.40. The van der Waals surface area contributed by atoms with Gasteiger partial charge in [-0.2, -0.15) is 5.26 Å². The van der Waals surface area contributed by atoms with Gasteiger partial charge in [-0.05, 0) is 30.7 Å². The lowest BCUT2D eigenvalue weighted by Crippen LogP contribution is -2.42. The molecule has 0 aromatic heterocycles. The summed E-state index contributed by atoms with van der Waals surface area (Å²) in [4.78, 5) is 12.8. The molecular weight excluding hydrogens is 216 g/mol. The van der Waals surface area contributed by atoms with Crippen molar-refractivity contribution in [1.29, 1.82) is 5.26 Å². The molecule has 1 aromatic carbocycles. The Hall–Kier alpha value is -1.86. The van der Waals surface area contributed by atoms with Crippen molar-refractivity contribution in [2.45, 2.75) is 13.0 Å². The van der Waals surface area contributed by atoms with E-state index in [0.717, 1.165) is 24.1 Å². The minimum Gasteiger partial charge on any atom is -0.365 e. The Morgan fingerprint density at radius 1 is 1.59 bits per heavy atom. The lowest BCUT2D eigenvalue weighted by atomic mass is 10.1. The second-order valence-corrected chi connectivity index (χ2v) is 4.10. The topological polar surface area (TPSA) is 53.3 Å². The van der Waals surface area contributed by atoms with E-state index in [1.165, 1.54) is 0 Å². The first kappa shape index (κ1) is 11.6. The van der Waals surface area contributed by atoms with Crippen LogP contribution in [0.2, 0.25) is 0 Å². The molecule has 2 rings (SSSR count). The summed E-state index contributed by atoms with van der Waals surface area (Å²) < 4.78 is 5.30. The van der Waals surface area contributed by atoms with E-state index in [-0.39, 0.29) is 6.10 Å². The molecule has 0 radical (unpaired) electrons. The van der Waals surface area contributed by atoms with Gasteiger partial charge in [-0.15, -0.1) is 0 Å². The fraction of sp³-hybridized carbons (Fsp3) is 0.385. The van der Waals surface area contributed by atoms with Gasteiger partial charge >= 0.3 is 0 Å². The Morgan fingerprint density at radius 2 is 2.41 bits per heavy atom. The molecule has 0 aliphatic carbocycles. The maximum atomic E-state index is 10.7. The Balaban J connectivity index is 2.22. The van der Waals surface area contributed by atoms with E-state index in [9.17, 15) is 4.79 Å². The number of morpholine rings is 1. The molecule has 0 bridgehead atoms. The first-order chi connectivity index (χ1) is 8.24. The van der Waals surface area contributed by atoms with Crippen molar-refractivity contribution in [1.82, 2.24) is 0 Å². The third-order valence-electron chi connectivity index (χ3n) is 2.91. The molecule has 1 atom stereocenters. The van der Waals surface area contributed by atoms with Crippen molar-refractivity contribution in [3.63, 3.8) is 0 Å². The van der Waals surface area contributed by atoms with Gasteiger partial charge < -0.3 is 9.64 Å². The predicted molar refractivity (Wildman–Crippen MR) is 64.1 cm³/mol. The normalized spacial score (nSPS) is 19.8. The fourth-order valence-corrected chi connectivity index (χ4v) is 2.05. The Bertz CT molecular complexity index is 465. The maximum Gasteiger partial charge on any atom is 0.161 e. The monoisotopic (exact) mass is 230 g/mol. The molecule has 0 saturated carbocycles. The molecule has 4 nitrogen and oxygen atoms in total. The van der Waals surface area contributed by atoms with Crippen LogP contribution in [0.15, 0.2) is 18.2 Å². The number of nitrogens with zero attached hydrogens (tertiary/aromatic N) is 2. The average molecular weight is 230 g/mol. The SMILES string of the molecule is Cc1cc(C=O)ccc1N1CCOC(C#N)C1. The number of hydrogen-bond acceptors (Lipinski definition) is 4. The summed E-state index contributed by atoms with van der Waals surface area (Å²) in [5, 5.41) is 8.86. The lowest BCUT2D eigenvalue weighted by Gasteiger charge is -2.32. The van der Waals surface area contributed by atoms with Crippen molar-refractivity contribution in [3.8, 4) is 6.07 Å². The van der Waals surface area contributed by atoms with Crippen molar-refractivity contribution in [2.24, 2.45) is 0 Å². The Labute approximate surface area is 100 Å². The molecule has 17 heavy (non-hydrogen) atoms. The van der Waals surface area contributed by atoms with Crippen molar-refractivity contribution in [3.05, 3.63) is 29.3 Å². The molecule has 1 fully saturated rings. The summed E-state index contributed by atoms with van der Waals surface area (Å²) >= 11 is 0. The molecular formula is C13H14N2O2. The first-order valence-electron chi connectivity index (χ1n) is 5.56. The van der Waals surface area contributed by atoms with E-state index in [4.69, 9.17) is 10.00 Å². The molecule has 0 spiro atoms. The van der Waals surface area contributed by atoms with Gasteiger partial charge in [0, 0.05) is 17.8 Å². The van der Waals surface area contributed by atoms with E-state index in [2.05, 4.69) is 11.0 Å². The number of aryl methyl sites for hydroxylation is 1. The quantitative estimate of drug-likeness (QED) is 0.723. The Morgan fingerprint density at radius 3 is 3.06 bits per heavy atom. The van der Waals surface area contributed by atoms with E-state index in [1.807, 2.05) is 19.1 Å². The van der Waals surface area contributed by atoms with Crippen LogP contribution in [0.5, 0.6) is 0 Å². The van der Waals surface area contributed by atoms with Gasteiger partial charge in [-0.25, -0.2) is 0 Å². The number of ether oxygens (including phenoxy) is 1. The highest BCUT2D eigenvalue weighted by Gasteiger charge is 2.21. The molecule has 1 unspecified atom stereocenters. The van der Waals surface area contributed by atoms with Crippen molar-refractivity contribution in [2.75, 3.05) is 24.6 Å². The van der Waals surface area contributed by atoms with Gasteiger partial charge in [0.2, 0.25) is 0 Å². The standard InChI is InChI=1S/C13H14N2O2/c1-10-6-11(9-16)2-3-13(10)15-4-5-17-12(7-14)8-15/h2-3,6,9,12H,4-5,8H2,1H3. The summed E-state index contributed by atoms with van der Waals surface area (Å²) in [6.07, 6.45) is 0.475. The number of carbonyl (C=O) groups is 1. The second kappa shape index (κ2) is 4.98. The van der Waals surface area contributed by atoms with Crippen LogP contribution < -0.4 is 4.90 Å². The number of anilines is 1. The van der Waals surface area contributed by atoms with Crippen molar-refractivity contribution < 1.29 is 9.53 Å². The zero-order chi connectivity index (χ0) is 12.3. The molecule has 4 heteroatoms.